The number of fused-ring (bicyclic) bond motifs is 1. The van der Waals surface area contributed by atoms with Gasteiger partial charge in [0.15, 0.2) is 5.16 Å². The van der Waals surface area contributed by atoms with Crippen LogP contribution in [0.5, 0.6) is 0 Å². The Kier molecular flexibility index (Phi) is 7.08. The van der Waals surface area contributed by atoms with Crippen molar-refractivity contribution in [2.75, 3.05) is 26.0 Å². The molecule has 0 spiro atoms. The van der Waals surface area contributed by atoms with Crippen LogP contribution < -0.4 is 10.9 Å². The number of carbonyl (C=O) groups is 1. The minimum absolute atomic E-state index is 0.145. The third-order valence-electron chi connectivity index (χ3n) is 4.07. The van der Waals surface area contributed by atoms with Gasteiger partial charge in [-0.25, -0.2) is 4.98 Å². The summed E-state index contributed by atoms with van der Waals surface area (Å²) < 4.78 is 6.49. The molecule has 28 heavy (non-hydrogen) atoms. The van der Waals surface area contributed by atoms with Gasteiger partial charge in [-0.05, 0) is 23.8 Å². The first-order valence-corrected chi connectivity index (χ1v) is 10.1. The summed E-state index contributed by atoms with van der Waals surface area (Å²) in [5, 5.41) is 4.35. The van der Waals surface area contributed by atoms with Gasteiger partial charge in [-0.2, -0.15) is 0 Å². The first-order chi connectivity index (χ1) is 13.6. The monoisotopic (exact) mass is 417 g/mol. The van der Waals surface area contributed by atoms with Crippen molar-refractivity contribution in [1.29, 1.82) is 0 Å². The molecular weight excluding hydrogens is 398 g/mol. The number of thioether (sulfide) groups is 1. The summed E-state index contributed by atoms with van der Waals surface area (Å²) in [4.78, 5) is 29.7. The quantitative estimate of drug-likeness (QED) is 0.346. The topological polar surface area (TPSA) is 73.2 Å². The summed E-state index contributed by atoms with van der Waals surface area (Å²) in [6.07, 6.45) is 0. The predicted molar refractivity (Wildman–Crippen MR) is 112 cm³/mol. The van der Waals surface area contributed by atoms with Crippen LogP contribution in [0.1, 0.15) is 5.56 Å². The number of carbonyl (C=O) groups excluding carboxylic acids is 1. The maximum Gasteiger partial charge on any atom is 0.262 e. The van der Waals surface area contributed by atoms with Gasteiger partial charge in [0.25, 0.3) is 5.56 Å². The van der Waals surface area contributed by atoms with E-state index in [0.29, 0.717) is 34.2 Å². The molecule has 0 aliphatic heterocycles. The number of hydrogen-bond donors (Lipinski definition) is 1. The number of halogens is 1. The Bertz CT molecular complexity index is 1040. The van der Waals surface area contributed by atoms with E-state index in [2.05, 4.69) is 10.3 Å². The average molecular weight is 418 g/mol. The molecule has 146 valence electrons. The largest absolute Gasteiger partial charge is 0.383 e. The maximum absolute atomic E-state index is 13.1. The highest BCUT2D eigenvalue weighted by Gasteiger charge is 2.14. The highest BCUT2D eigenvalue weighted by atomic mass is 35.5. The number of rotatable bonds is 8. The van der Waals surface area contributed by atoms with E-state index < -0.39 is 0 Å². The molecule has 0 saturated carbocycles. The molecule has 6 nitrogen and oxygen atoms in total. The zero-order chi connectivity index (χ0) is 19.9. The van der Waals surface area contributed by atoms with E-state index in [9.17, 15) is 9.59 Å². The van der Waals surface area contributed by atoms with Crippen molar-refractivity contribution in [3.63, 3.8) is 0 Å². The third kappa shape index (κ3) is 4.92. The second kappa shape index (κ2) is 9.73. The number of nitrogens with zero attached hydrogens (tertiary/aromatic N) is 2. The first kappa shape index (κ1) is 20.4. The Hall–Kier alpha value is -2.35. The first-order valence-electron chi connectivity index (χ1n) is 8.71. The Labute approximate surface area is 171 Å². The van der Waals surface area contributed by atoms with E-state index in [1.807, 2.05) is 24.3 Å². The molecule has 0 bridgehead atoms. The molecule has 1 heterocycles. The normalized spacial score (nSPS) is 10.9. The molecule has 1 aromatic heterocycles. The van der Waals surface area contributed by atoms with Crippen LogP contribution in [0.15, 0.2) is 58.5 Å². The summed E-state index contributed by atoms with van der Waals surface area (Å²) >= 11 is 7.50. The number of benzene rings is 2. The minimum Gasteiger partial charge on any atom is -0.383 e. The summed E-state index contributed by atoms with van der Waals surface area (Å²) in [5.74, 6) is 0.00514. The molecule has 0 aliphatic rings. The molecule has 8 heteroatoms. The van der Waals surface area contributed by atoms with Crippen molar-refractivity contribution in [1.82, 2.24) is 14.9 Å². The number of para-hydroxylation sites is 1. The molecule has 0 unspecified atom stereocenters. The lowest BCUT2D eigenvalue weighted by molar-refractivity contribution is -0.118. The zero-order valence-corrected chi connectivity index (χ0v) is 16.9. The van der Waals surface area contributed by atoms with Gasteiger partial charge in [0.05, 0.1) is 29.8 Å². The number of methoxy groups -OCH3 is 1. The smallest absolute Gasteiger partial charge is 0.262 e. The van der Waals surface area contributed by atoms with Crippen LogP contribution in [0.2, 0.25) is 5.02 Å². The van der Waals surface area contributed by atoms with Crippen LogP contribution in [0.25, 0.3) is 10.9 Å². The minimum atomic E-state index is -0.159. The third-order valence-corrected chi connectivity index (χ3v) is 5.42. The van der Waals surface area contributed by atoms with Crippen molar-refractivity contribution in [2.45, 2.75) is 11.7 Å². The van der Waals surface area contributed by atoms with Crippen LogP contribution in [0, 0.1) is 0 Å². The van der Waals surface area contributed by atoms with Gasteiger partial charge in [0.2, 0.25) is 5.91 Å². The highest BCUT2D eigenvalue weighted by molar-refractivity contribution is 7.99. The maximum atomic E-state index is 13.1. The van der Waals surface area contributed by atoms with Gasteiger partial charge in [0.1, 0.15) is 0 Å². The summed E-state index contributed by atoms with van der Waals surface area (Å²) in [6.45, 7) is 1.17. The molecule has 0 radical (unpaired) electrons. The number of amides is 1. The van der Waals surface area contributed by atoms with Crippen molar-refractivity contribution in [2.24, 2.45) is 0 Å². The van der Waals surface area contributed by atoms with Crippen LogP contribution in [-0.4, -0.2) is 41.5 Å². The average Bonchev–Trinajstić information content (AvgIpc) is 2.70. The number of nitrogens with one attached hydrogen (secondary N) is 1. The molecule has 0 saturated heterocycles. The van der Waals surface area contributed by atoms with E-state index in [0.717, 1.165) is 5.56 Å². The number of hydrogen-bond acceptors (Lipinski definition) is 5. The molecule has 1 amide bonds. The number of aromatic nitrogens is 2. The zero-order valence-electron chi connectivity index (χ0n) is 15.4. The van der Waals surface area contributed by atoms with Gasteiger partial charge in [-0.1, -0.05) is 53.7 Å². The van der Waals surface area contributed by atoms with Gasteiger partial charge in [-0.15, -0.1) is 0 Å². The Morgan fingerprint density at radius 3 is 2.75 bits per heavy atom. The Morgan fingerprint density at radius 1 is 1.21 bits per heavy atom. The van der Waals surface area contributed by atoms with Crippen LogP contribution in [0.3, 0.4) is 0 Å². The van der Waals surface area contributed by atoms with Gasteiger partial charge in [-0.3, -0.25) is 14.2 Å². The molecule has 3 aromatic rings. The van der Waals surface area contributed by atoms with E-state index in [1.165, 1.54) is 11.8 Å². The fourth-order valence-corrected chi connectivity index (χ4v) is 3.69. The SMILES string of the molecule is COCCNC(=O)CSc1nc2ccccc2c(=O)n1Cc1ccccc1Cl. The van der Waals surface area contributed by atoms with E-state index >= 15 is 0 Å². The lowest BCUT2D eigenvalue weighted by Gasteiger charge is -2.14. The predicted octanol–water partition coefficient (Wildman–Crippen LogP) is 2.95. The van der Waals surface area contributed by atoms with E-state index in [-0.39, 0.29) is 23.8 Å². The van der Waals surface area contributed by atoms with Crippen LogP contribution >= 0.6 is 23.4 Å². The van der Waals surface area contributed by atoms with E-state index in [1.54, 1.807) is 35.9 Å². The summed E-state index contributed by atoms with van der Waals surface area (Å²) in [5.41, 5.74) is 1.26. The molecule has 0 atom stereocenters. The Balaban J connectivity index is 1.92. The fraction of sp³-hybridized carbons (Fsp3) is 0.250. The summed E-state index contributed by atoms with van der Waals surface area (Å²) in [7, 11) is 1.58. The second-order valence-corrected chi connectivity index (χ2v) is 7.38. The molecular formula is C20H20ClN3O3S. The van der Waals surface area contributed by atoms with Crippen LogP contribution in [-0.2, 0) is 16.1 Å². The molecule has 0 aliphatic carbocycles. The fourth-order valence-electron chi connectivity index (χ4n) is 2.67. The second-order valence-electron chi connectivity index (χ2n) is 6.03. The lowest BCUT2D eigenvalue weighted by Crippen LogP contribution is -2.29. The van der Waals surface area contributed by atoms with Gasteiger partial charge in [0, 0.05) is 18.7 Å². The number of ether oxygens (including phenoxy) is 1. The highest BCUT2D eigenvalue weighted by Crippen LogP contribution is 2.21. The van der Waals surface area contributed by atoms with Crippen molar-refractivity contribution in [3.8, 4) is 0 Å². The Morgan fingerprint density at radius 2 is 1.96 bits per heavy atom. The summed E-state index contributed by atoms with van der Waals surface area (Å²) in [6, 6.07) is 14.5. The molecule has 0 fully saturated rings. The van der Waals surface area contributed by atoms with E-state index in [4.69, 9.17) is 16.3 Å². The van der Waals surface area contributed by atoms with Crippen molar-refractivity contribution in [3.05, 3.63) is 69.5 Å². The van der Waals surface area contributed by atoms with Gasteiger partial charge < -0.3 is 10.1 Å². The van der Waals surface area contributed by atoms with Crippen molar-refractivity contribution < 1.29 is 9.53 Å². The molecule has 2 aromatic carbocycles. The molecule has 3 rings (SSSR count). The van der Waals surface area contributed by atoms with Gasteiger partial charge >= 0.3 is 0 Å². The van der Waals surface area contributed by atoms with Crippen LogP contribution in [0.4, 0.5) is 0 Å². The van der Waals surface area contributed by atoms with Crippen molar-refractivity contribution >= 4 is 40.2 Å². The molecule has 1 N–H and O–H groups in total. The standard InChI is InChI=1S/C20H20ClN3O3S/c1-27-11-10-22-18(25)13-28-20-23-17-9-5-3-7-15(17)19(26)24(20)12-14-6-2-4-8-16(14)21/h2-9H,10-13H2,1H3,(H,22,25). The lowest BCUT2D eigenvalue weighted by atomic mass is 10.2.